The van der Waals surface area contributed by atoms with Crippen LogP contribution >= 0.6 is 0 Å². The Hall–Kier alpha value is -7.21. The fourth-order valence-electron chi connectivity index (χ4n) is 8.24. The summed E-state index contributed by atoms with van der Waals surface area (Å²) in [5.41, 5.74) is 13.1. The maximum atomic E-state index is 10.2. The van der Waals surface area contributed by atoms with Crippen molar-refractivity contribution in [3.05, 3.63) is 200 Å². The van der Waals surface area contributed by atoms with Gasteiger partial charge in [-0.15, -0.1) is 0 Å². The Kier molecular flexibility index (Phi) is 7.23. The van der Waals surface area contributed by atoms with Crippen molar-refractivity contribution in [3.63, 3.8) is 0 Å². The third-order valence-electron chi connectivity index (χ3n) is 10.7. The van der Waals surface area contributed by atoms with Crippen LogP contribution in [0.25, 0.3) is 93.5 Å². The van der Waals surface area contributed by atoms with E-state index in [9.17, 15) is 5.26 Å². The van der Waals surface area contributed by atoms with Gasteiger partial charge in [-0.05, 0) is 96.9 Å². The molecular weight excluding hydrogens is 641 g/mol. The zero-order valence-electron chi connectivity index (χ0n) is 28.9. The Bertz CT molecular complexity index is 2920. The minimum Gasteiger partial charge on any atom is -0.309 e. The quantitative estimate of drug-likeness (QED) is 0.167. The normalized spacial score (nSPS) is 11.4. The minimum absolute atomic E-state index is 0.659. The van der Waals surface area contributed by atoms with Gasteiger partial charge in [0.05, 0.1) is 22.7 Å². The summed E-state index contributed by atoms with van der Waals surface area (Å²) in [4.78, 5) is 0. The van der Waals surface area contributed by atoms with Crippen molar-refractivity contribution < 1.29 is 0 Å². The smallest absolute Gasteiger partial charge is 0.0998 e. The summed E-state index contributed by atoms with van der Waals surface area (Å²) in [6.07, 6.45) is 0. The van der Waals surface area contributed by atoms with E-state index in [0.29, 0.717) is 5.56 Å². The van der Waals surface area contributed by atoms with Crippen molar-refractivity contribution in [2.45, 2.75) is 0 Å². The molecule has 0 aliphatic rings. The molecule has 246 valence electrons. The zero-order valence-corrected chi connectivity index (χ0v) is 28.9. The van der Waals surface area contributed by atoms with Gasteiger partial charge in [-0.1, -0.05) is 158 Å². The molecule has 0 radical (unpaired) electrons. The van der Waals surface area contributed by atoms with Gasteiger partial charge in [0.25, 0.3) is 0 Å². The van der Waals surface area contributed by atoms with E-state index in [-0.39, 0.29) is 0 Å². The lowest BCUT2D eigenvalue weighted by Gasteiger charge is -2.18. The van der Waals surface area contributed by atoms with Crippen LogP contribution in [0.5, 0.6) is 0 Å². The van der Waals surface area contributed by atoms with Crippen LogP contribution in [0.4, 0.5) is 0 Å². The second-order valence-electron chi connectivity index (χ2n) is 13.6. The van der Waals surface area contributed by atoms with Gasteiger partial charge in [0, 0.05) is 22.0 Å². The average Bonchev–Trinajstić information content (AvgIpc) is 3.57. The Balaban J connectivity index is 1.04. The van der Waals surface area contributed by atoms with E-state index in [1.165, 1.54) is 65.6 Å². The van der Waals surface area contributed by atoms with Crippen molar-refractivity contribution in [2.24, 2.45) is 0 Å². The van der Waals surface area contributed by atoms with Gasteiger partial charge in [0.2, 0.25) is 0 Å². The number of para-hydroxylation sites is 2. The summed E-state index contributed by atoms with van der Waals surface area (Å²) in [6, 6.07) is 71.4. The van der Waals surface area contributed by atoms with Crippen molar-refractivity contribution in [3.8, 4) is 56.3 Å². The molecule has 9 aromatic carbocycles. The largest absolute Gasteiger partial charge is 0.309 e. The van der Waals surface area contributed by atoms with Crippen molar-refractivity contribution in [1.29, 1.82) is 5.26 Å². The van der Waals surface area contributed by atoms with E-state index in [1.54, 1.807) is 0 Å². The number of benzene rings is 9. The number of fused-ring (bicyclic) bond motifs is 5. The highest BCUT2D eigenvalue weighted by Gasteiger charge is 2.17. The van der Waals surface area contributed by atoms with Crippen LogP contribution in [0.1, 0.15) is 5.56 Å². The first-order chi connectivity index (χ1) is 26.3. The Labute approximate surface area is 308 Å². The molecule has 0 spiro atoms. The summed E-state index contributed by atoms with van der Waals surface area (Å²) in [7, 11) is 0. The molecule has 0 N–H and O–H groups in total. The highest BCUT2D eigenvalue weighted by Crippen LogP contribution is 2.44. The summed E-state index contributed by atoms with van der Waals surface area (Å²) in [5.74, 6) is 0. The van der Waals surface area contributed by atoms with E-state index in [2.05, 4.69) is 199 Å². The molecule has 0 saturated carbocycles. The molecule has 10 rings (SSSR count). The van der Waals surface area contributed by atoms with Crippen molar-refractivity contribution in [1.82, 2.24) is 4.57 Å². The van der Waals surface area contributed by atoms with Gasteiger partial charge in [-0.2, -0.15) is 5.26 Å². The van der Waals surface area contributed by atoms with Crippen LogP contribution in [0.2, 0.25) is 0 Å². The number of aromatic nitrogens is 1. The molecule has 2 heteroatoms. The van der Waals surface area contributed by atoms with Gasteiger partial charge in [-0.25, -0.2) is 0 Å². The van der Waals surface area contributed by atoms with E-state index >= 15 is 0 Å². The van der Waals surface area contributed by atoms with Crippen LogP contribution in [-0.2, 0) is 0 Å². The lowest BCUT2D eigenvalue weighted by Crippen LogP contribution is -1.94. The highest BCUT2D eigenvalue weighted by molar-refractivity contribution is 6.21. The predicted octanol–water partition coefficient (Wildman–Crippen LogP) is 13.6. The van der Waals surface area contributed by atoms with E-state index in [0.717, 1.165) is 27.9 Å². The first kappa shape index (κ1) is 30.6. The summed E-state index contributed by atoms with van der Waals surface area (Å²) in [5, 5.41) is 17.6. The number of rotatable bonds is 5. The molecule has 0 atom stereocenters. The van der Waals surface area contributed by atoms with Crippen LogP contribution < -0.4 is 0 Å². The maximum absolute atomic E-state index is 10.2. The summed E-state index contributed by atoms with van der Waals surface area (Å²) >= 11 is 0. The van der Waals surface area contributed by atoms with Crippen molar-refractivity contribution in [2.75, 3.05) is 0 Å². The molecule has 1 aromatic heterocycles. The summed E-state index contributed by atoms with van der Waals surface area (Å²) in [6.45, 7) is 0. The van der Waals surface area contributed by atoms with Crippen LogP contribution in [0.3, 0.4) is 0 Å². The van der Waals surface area contributed by atoms with Gasteiger partial charge in [0.15, 0.2) is 0 Å². The Morgan fingerprint density at radius 3 is 1.28 bits per heavy atom. The lowest BCUT2D eigenvalue weighted by molar-refractivity contribution is 1.18. The van der Waals surface area contributed by atoms with E-state index < -0.39 is 0 Å². The number of nitriles is 1. The van der Waals surface area contributed by atoms with Gasteiger partial charge in [0.1, 0.15) is 0 Å². The van der Waals surface area contributed by atoms with Crippen LogP contribution in [-0.4, -0.2) is 4.57 Å². The Morgan fingerprint density at radius 1 is 0.340 bits per heavy atom. The second-order valence-corrected chi connectivity index (χ2v) is 13.6. The molecular formula is C51H32N2. The number of nitrogens with zero attached hydrogens (tertiary/aromatic N) is 2. The second kappa shape index (κ2) is 12.5. The van der Waals surface area contributed by atoms with Gasteiger partial charge in [-0.3, -0.25) is 0 Å². The molecule has 0 bridgehead atoms. The molecule has 1 heterocycles. The van der Waals surface area contributed by atoms with Crippen molar-refractivity contribution >= 4 is 43.4 Å². The molecule has 2 nitrogen and oxygen atoms in total. The molecule has 10 aromatic rings. The Morgan fingerprint density at radius 2 is 0.755 bits per heavy atom. The topological polar surface area (TPSA) is 28.7 Å². The third kappa shape index (κ3) is 5.02. The highest BCUT2D eigenvalue weighted by atomic mass is 15.0. The standard InChI is InChI=1S/C51H32N2/c52-33-39-27-26-38(32-47(39)35-28-30-40(31-29-35)53-48-20-10-8-14-41(48)42-15-9-11-21-49(42)53)34-22-24-37(25-23-34)51-45-18-6-4-16-43(45)50(36-12-2-1-3-13-36)44-17-5-7-19-46(44)51/h1-32H. The summed E-state index contributed by atoms with van der Waals surface area (Å²) < 4.78 is 2.32. The van der Waals surface area contributed by atoms with E-state index in [4.69, 9.17) is 0 Å². The molecule has 0 fully saturated rings. The fraction of sp³-hybridized carbons (Fsp3) is 0. The molecule has 53 heavy (non-hydrogen) atoms. The third-order valence-corrected chi connectivity index (χ3v) is 10.7. The van der Waals surface area contributed by atoms with Crippen LogP contribution in [0.15, 0.2) is 194 Å². The molecule has 0 aliphatic carbocycles. The number of hydrogen-bond donors (Lipinski definition) is 0. The molecule has 0 saturated heterocycles. The van der Waals surface area contributed by atoms with Gasteiger partial charge >= 0.3 is 0 Å². The maximum Gasteiger partial charge on any atom is 0.0998 e. The van der Waals surface area contributed by atoms with Gasteiger partial charge < -0.3 is 4.57 Å². The first-order valence-electron chi connectivity index (χ1n) is 18.0. The minimum atomic E-state index is 0.659. The lowest BCUT2D eigenvalue weighted by atomic mass is 9.85. The SMILES string of the molecule is N#Cc1ccc(-c2ccc(-c3c4ccccc4c(-c4ccccc4)c4ccccc34)cc2)cc1-c1ccc(-n2c3ccccc3c3ccccc32)cc1. The number of hydrogen-bond acceptors (Lipinski definition) is 1. The molecule has 0 amide bonds. The fourth-order valence-corrected chi connectivity index (χ4v) is 8.24. The molecule has 0 unspecified atom stereocenters. The first-order valence-corrected chi connectivity index (χ1v) is 18.0. The van der Waals surface area contributed by atoms with Crippen LogP contribution in [0, 0.1) is 11.3 Å². The zero-order chi connectivity index (χ0) is 35.3. The predicted molar refractivity (Wildman–Crippen MR) is 222 cm³/mol. The average molecular weight is 673 g/mol. The molecule has 0 aliphatic heterocycles. The van der Waals surface area contributed by atoms with E-state index in [1.807, 2.05) is 6.07 Å². The monoisotopic (exact) mass is 672 g/mol.